The van der Waals surface area contributed by atoms with Gasteiger partial charge in [0, 0.05) is 16.7 Å². The normalized spacial score (nSPS) is 37.6. The Morgan fingerprint density at radius 3 is 2.47 bits per heavy atom. The molecule has 0 saturated heterocycles. The number of halogens is 1. The van der Waals surface area contributed by atoms with E-state index in [0.29, 0.717) is 24.8 Å². The summed E-state index contributed by atoms with van der Waals surface area (Å²) < 4.78 is 31.7. The Labute approximate surface area is 258 Å². The van der Waals surface area contributed by atoms with Crippen LogP contribution in [0.15, 0.2) is 23.8 Å². The van der Waals surface area contributed by atoms with Crippen molar-refractivity contribution in [3.63, 3.8) is 0 Å². The number of rotatable bonds is 12. The maximum Gasteiger partial charge on any atom is 0.508 e. The number of aliphatic hydroxyl groups excluding tert-OH is 2. The molecule has 4 aliphatic carbocycles. The molecule has 1 unspecified atom stereocenters. The molecule has 0 aromatic rings. The minimum atomic E-state index is -2.49. The molecule has 7 N–H and O–H groups in total. The minimum Gasteiger partial charge on any atom is -0.456 e. The third-order valence-electron chi connectivity index (χ3n) is 10.3. The van der Waals surface area contributed by atoms with Gasteiger partial charge in [-0.1, -0.05) is 18.6 Å². The lowest BCUT2D eigenvalue weighted by Gasteiger charge is -2.62. The van der Waals surface area contributed by atoms with E-state index in [1.807, 2.05) is 0 Å². The van der Waals surface area contributed by atoms with Crippen molar-refractivity contribution in [3.8, 4) is 0 Å². The van der Waals surface area contributed by atoms with Crippen LogP contribution >= 0.6 is 0 Å². The van der Waals surface area contributed by atoms with E-state index in [1.165, 1.54) is 25.2 Å². The standard InChI is InChI=1S/C29H41FN2O13/c1-26-8-7-17(33)11-16(26)5-6-18-19-12-21(34)29(39,27(19,2)13-22(35)28(18,26)30)23(36)15-43-24(37)20(31)14-44-25(38)42-9-3-4-10-45-32(40)41/h7-8,11,18-22,34-35,39-41H,3-6,9-10,12-15,31H2,1-2H3/t18-,19-,20?,21+,22-,26-,27-,28-,29-/m0/s1. The lowest BCUT2D eigenvalue weighted by molar-refractivity contribution is -0.492. The van der Waals surface area contributed by atoms with Crippen LogP contribution < -0.4 is 5.73 Å². The smallest absolute Gasteiger partial charge is 0.456 e. The molecular formula is C29H41FN2O13. The summed E-state index contributed by atoms with van der Waals surface area (Å²) in [7, 11) is 0. The molecule has 0 aromatic carbocycles. The van der Waals surface area contributed by atoms with Crippen molar-refractivity contribution in [2.75, 3.05) is 26.4 Å². The van der Waals surface area contributed by atoms with Gasteiger partial charge in [0.2, 0.25) is 5.78 Å². The SMILES string of the molecule is C[C@]12C=CC(=O)C=C1CC[C@H]1[C@@H]3C[C@@H](O)[C@](O)(C(=O)COC(=O)C(N)COC(=O)OCCCCON(O)O)[C@@]3(C)C[C@H](O)[C@@]12F. The van der Waals surface area contributed by atoms with E-state index >= 15 is 4.39 Å². The number of aliphatic hydroxyl groups is 3. The number of fused-ring (bicyclic) bond motifs is 5. The predicted octanol–water partition coefficient (Wildman–Crippen LogP) is 0.444. The van der Waals surface area contributed by atoms with Gasteiger partial charge in [0.15, 0.2) is 23.7 Å². The number of carbonyl (C=O) groups is 4. The number of alkyl halides is 1. The van der Waals surface area contributed by atoms with Crippen LogP contribution in [0.25, 0.3) is 0 Å². The molecule has 9 atom stereocenters. The number of ketones is 2. The highest BCUT2D eigenvalue weighted by atomic mass is 19.1. The van der Waals surface area contributed by atoms with Crippen molar-refractivity contribution in [2.24, 2.45) is 28.4 Å². The van der Waals surface area contributed by atoms with Crippen LogP contribution in [0.2, 0.25) is 0 Å². The fourth-order valence-corrected chi connectivity index (χ4v) is 7.86. The molecule has 4 rings (SSSR count). The van der Waals surface area contributed by atoms with Crippen LogP contribution in [-0.4, -0.2) is 111 Å². The maximum atomic E-state index is 17.2. The monoisotopic (exact) mass is 644 g/mol. The summed E-state index contributed by atoms with van der Waals surface area (Å²) in [6.07, 6.45) is 0.358. The number of Topliss-reactive ketones (excluding diaryl/α,β-unsaturated/α-hetero) is 1. The summed E-state index contributed by atoms with van der Waals surface area (Å²) in [6, 6.07) is -1.52. The Balaban J connectivity index is 1.35. The Morgan fingerprint density at radius 2 is 1.78 bits per heavy atom. The first-order valence-electron chi connectivity index (χ1n) is 14.8. The van der Waals surface area contributed by atoms with Crippen LogP contribution in [0.5, 0.6) is 0 Å². The summed E-state index contributed by atoms with van der Waals surface area (Å²) in [5, 5.41) is 50.5. The van der Waals surface area contributed by atoms with Crippen molar-refractivity contribution in [1.82, 2.24) is 5.39 Å². The zero-order valence-electron chi connectivity index (χ0n) is 25.1. The summed E-state index contributed by atoms with van der Waals surface area (Å²) in [4.78, 5) is 53.9. The number of nitrogens with two attached hydrogens (primary N) is 1. The second-order valence-corrected chi connectivity index (χ2v) is 12.6. The van der Waals surface area contributed by atoms with Gasteiger partial charge in [0.25, 0.3) is 0 Å². The average Bonchev–Trinajstić information content (AvgIpc) is 3.18. The third-order valence-corrected chi connectivity index (χ3v) is 10.3. The zero-order valence-corrected chi connectivity index (χ0v) is 25.1. The van der Waals surface area contributed by atoms with E-state index in [0.717, 1.165) is 0 Å². The van der Waals surface area contributed by atoms with Gasteiger partial charge in [0.05, 0.1) is 30.8 Å². The summed E-state index contributed by atoms with van der Waals surface area (Å²) in [6.45, 7) is 1.33. The first-order chi connectivity index (χ1) is 21.0. The molecule has 0 bridgehead atoms. The molecule has 3 saturated carbocycles. The highest BCUT2D eigenvalue weighted by Crippen LogP contribution is 2.69. The Kier molecular flexibility index (Phi) is 10.2. The van der Waals surface area contributed by atoms with Gasteiger partial charge in [0.1, 0.15) is 12.6 Å². The number of hydrogen-bond donors (Lipinski definition) is 6. The minimum absolute atomic E-state index is 0.0523. The molecule has 16 heteroatoms. The highest BCUT2D eigenvalue weighted by Gasteiger charge is 2.76. The van der Waals surface area contributed by atoms with Crippen LogP contribution in [0, 0.1) is 22.7 Å². The molecule has 45 heavy (non-hydrogen) atoms. The molecule has 0 aromatic heterocycles. The maximum absolute atomic E-state index is 17.2. The van der Waals surface area contributed by atoms with E-state index in [4.69, 9.17) is 30.4 Å². The lowest BCUT2D eigenvalue weighted by atomic mass is 9.44. The second kappa shape index (κ2) is 13.1. The van der Waals surface area contributed by atoms with Gasteiger partial charge >= 0.3 is 12.1 Å². The summed E-state index contributed by atoms with van der Waals surface area (Å²) >= 11 is 0. The van der Waals surface area contributed by atoms with E-state index in [2.05, 4.69) is 4.84 Å². The number of esters is 1. The number of nitrogens with zero attached hydrogens (tertiary/aromatic N) is 1. The molecule has 0 heterocycles. The Morgan fingerprint density at radius 1 is 1.09 bits per heavy atom. The average molecular weight is 645 g/mol. The van der Waals surface area contributed by atoms with E-state index < -0.39 is 88.7 Å². The van der Waals surface area contributed by atoms with Crippen molar-refractivity contribution in [2.45, 2.75) is 81.9 Å². The molecule has 0 radical (unpaired) electrons. The molecule has 4 aliphatic rings. The van der Waals surface area contributed by atoms with Gasteiger partial charge < -0.3 is 35.3 Å². The van der Waals surface area contributed by atoms with Crippen LogP contribution in [0.3, 0.4) is 0 Å². The molecule has 0 amide bonds. The molecule has 15 nitrogen and oxygen atoms in total. The molecular weight excluding hydrogens is 603 g/mol. The third kappa shape index (κ3) is 6.05. The Bertz CT molecular complexity index is 1240. The van der Waals surface area contributed by atoms with E-state index in [9.17, 15) is 34.5 Å². The van der Waals surface area contributed by atoms with Crippen molar-refractivity contribution >= 4 is 23.7 Å². The van der Waals surface area contributed by atoms with Gasteiger partial charge in [-0.2, -0.15) is 0 Å². The first kappa shape index (κ1) is 35.0. The largest absolute Gasteiger partial charge is 0.508 e. The van der Waals surface area contributed by atoms with Crippen molar-refractivity contribution in [3.05, 3.63) is 23.8 Å². The number of hydrogen-bond acceptors (Lipinski definition) is 15. The van der Waals surface area contributed by atoms with Crippen LogP contribution in [0.1, 0.15) is 52.4 Å². The fourth-order valence-electron chi connectivity index (χ4n) is 7.86. The van der Waals surface area contributed by atoms with Crippen molar-refractivity contribution < 1.29 is 68.4 Å². The van der Waals surface area contributed by atoms with Crippen LogP contribution in [-0.2, 0) is 33.4 Å². The topological polar surface area (TPSA) is 236 Å². The van der Waals surface area contributed by atoms with Gasteiger partial charge in [-0.3, -0.25) is 29.6 Å². The molecule has 3 fully saturated rings. The zero-order chi connectivity index (χ0) is 33.4. The number of allylic oxidation sites excluding steroid dienone is 4. The van der Waals surface area contributed by atoms with Gasteiger partial charge in [-0.25, -0.2) is 9.18 Å². The van der Waals surface area contributed by atoms with E-state index in [-0.39, 0.29) is 38.3 Å². The number of carbonyl (C=O) groups excluding carboxylic acids is 4. The van der Waals surface area contributed by atoms with Crippen molar-refractivity contribution in [1.29, 1.82) is 0 Å². The predicted molar refractivity (Wildman–Crippen MR) is 147 cm³/mol. The second-order valence-electron chi connectivity index (χ2n) is 12.6. The van der Waals surface area contributed by atoms with E-state index in [1.54, 1.807) is 6.92 Å². The van der Waals surface area contributed by atoms with Gasteiger partial charge in [-0.05, 0) is 63.5 Å². The fraction of sp³-hybridized carbons (Fsp3) is 0.724. The Hall–Kier alpha value is -2.83. The molecule has 252 valence electrons. The quantitative estimate of drug-likeness (QED) is 0.0961. The first-order valence-corrected chi connectivity index (χ1v) is 14.8. The summed E-state index contributed by atoms with van der Waals surface area (Å²) in [5.41, 5.74) is -1.25. The number of unbranched alkanes of at least 4 members (excludes halogenated alkanes) is 1. The summed E-state index contributed by atoms with van der Waals surface area (Å²) in [5.74, 6) is -4.07. The lowest BCUT2D eigenvalue weighted by Crippen LogP contribution is -2.69. The molecule has 0 spiro atoms. The van der Waals surface area contributed by atoms with Gasteiger partial charge in [-0.15, -0.1) is 0 Å². The highest BCUT2D eigenvalue weighted by molar-refractivity contribution is 6.01. The molecule has 0 aliphatic heterocycles. The van der Waals surface area contributed by atoms with Crippen LogP contribution in [0.4, 0.5) is 9.18 Å². The number of ether oxygens (including phenoxy) is 3.